The molecule has 0 spiro atoms. The maximum absolute atomic E-state index is 11.3. The molecule has 4 heteroatoms. The first-order chi connectivity index (χ1) is 6.20. The highest BCUT2D eigenvalue weighted by molar-refractivity contribution is 5.67. The van der Waals surface area contributed by atoms with E-state index in [1.165, 1.54) is 0 Å². The van der Waals surface area contributed by atoms with Gasteiger partial charge in [-0.25, -0.2) is 4.79 Å². The van der Waals surface area contributed by atoms with E-state index in [0.717, 1.165) is 31.8 Å². The van der Waals surface area contributed by atoms with Crippen molar-refractivity contribution in [3.63, 3.8) is 0 Å². The van der Waals surface area contributed by atoms with Crippen LogP contribution >= 0.6 is 0 Å². The van der Waals surface area contributed by atoms with E-state index in [1.54, 1.807) is 4.90 Å². The topological polar surface area (TPSA) is 41.6 Å². The lowest BCUT2D eigenvalue weighted by atomic mass is 10.4. The molecule has 0 radical (unpaired) electrons. The Morgan fingerprint density at radius 1 is 1.54 bits per heavy atom. The van der Waals surface area contributed by atoms with E-state index < -0.39 is 0 Å². The Morgan fingerprint density at radius 3 is 2.69 bits per heavy atom. The highest BCUT2D eigenvalue weighted by Crippen LogP contribution is 1.98. The zero-order chi connectivity index (χ0) is 9.68. The Kier molecular flexibility index (Phi) is 3.76. The number of amides is 1. The van der Waals surface area contributed by atoms with Gasteiger partial charge < -0.3 is 15.0 Å². The van der Waals surface area contributed by atoms with E-state index in [2.05, 4.69) is 11.9 Å². The second kappa shape index (κ2) is 4.87. The molecule has 0 unspecified atom stereocenters. The van der Waals surface area contributed by atoms with Crippen molar-refractivity contribution in [3.8, 4) is 0 Å². The van der Waals surface area contributed by atoms with Crippen LogP contribution in [0.2, 0.25) is 0 Å². The van der Waals surface area contributed by atoms with Crippen molar-refractivity contribution in [2.75, 3.05) is 32.8 Å². The van der Waals surface area contributed by atoms with E-state index in [-0.39, 0.29) is 6.09 Å². The largest absolute Gasteiger partial charge is 0.445 e. The number of piperazine rings is 1. The lowest BCUT2D eigenvalue weighted by Crippen LogP contribution is -2.46. The second-order valence-corrected chi connectivity index (χ2v) is 3.25. The predicted molar refractivity (Wildman–Crippen MR) is 50.6 cm³/mol. The lowest BCUT2D eigenvalue weighted by molar-refractivity contribution is 0.105. The molecule has 1 N–H and O–H groups in total. The van der Waals surface area contributed by atoms with Crippen LogP contribution in [0.15, 0.2) is 12.2 Å². The molecule has 1 aliphatic rings. The number of hydrogen-bond donors (Lipinski definition) is 1. The third kappa shape index (κ3) is 3.46. The van der Waals surface area contributed by atoms with Gasteiger partial charge in [-0.05, 0) is 12.5 Å². The number of carbonyl (C=O) groups is 1. The molecular formula is C9H16N2O2. The zero-order valence-electron chi connectivity index (χ0n) is 8.01. The molecular weight excluding hydrogens is 168 g/mol. The van der Waals surface area contributed by atoms with E-state index in [1.807, 2.05) is 6.92 Å². The number of rotatable bonds is 2. The third-order valence-electron chi connectivity index (χ3n) is 1.82. The molecule has 0 aromatic heterocycles. The van der Waals surface area contributed by atoms with Crippen LogP contribution in [0.3, 0.4) is 0 Å². The molecule has 0 saturated carbocycles. The first-order valence-corrected chi connectivity index (χ1v) is 4.47. The Labute approximate surface area is 78.5 Å². The Bertz CT molecular complexity index is 198. The highest BCUT2D eigenvalue weighted by Gasteiger charge is 2.16. The molecule has 1 heterocycles. The average Bonchev–Trinajstić information content (AvgIpc) is 2.15. The standard InChI is InChI=1S/C9H16N2O2/c1-8(2)7-13-9(12)11-5-3-10-4-6-11/h10H,1,3-7H2,2H3. The Morgan fingerprint density at radius 2 is 2.15 bits per heavy atom. The van der Waals surface area contributed by atoms with E-state index in [9.17, 15) is 4.79 Å². The molecule has 1 aliphatic heterocycles. The molecule has 4 nitrogen and oxygen atoms in total. The van der Waals surface area contributed by atoms with E-state index in [0.29, 0.717) is 6.61 Å². The molecule has 0 aromatic carbocycles. The summed E-state index contributed by atoms with van der Waals surface area (Å²) in [6.45, 7) is 8.99. The summed E-state index contributed by atoms with van der Waals surface area (Å²) in [5.74, 6) is 0. The van der Waals surface area contributed by atoms with Crippen molar-refractivity contribution < 1.29 is 9.53 Å². The zero-order valence-corrected chi connectivity index (χ0v) is 8.01. The SMILES string of the molecule is C=C(C)COC(=O)N1CCNCC1. The minimum Gasteiger partial charge on any atom is -0.445 e. The minimum atomic E-state index is -0.232. The van der Waals surface area contributed by atoms with Gasteiger partial charge in [0.05, 0.1) is 0 Å². The van der Waals surface area contributed by atoms with E-state index in [4.69, 9.17) is 4.74 Å². The van der Waals surface area contributed by atoms with Gasteiger partial charge in [-0.15, -0.1) is 0 Å². The van der Waals surface area contributed by atoms with Crippen molar-refractivity contribution in [1.29, 1.82) is 0 Å². The van der Waals surface area contributed by atoms with Gasteiger partial charge in [0.25, 0.3) is 0 Å². The Hall–Kier alpha value is -1.03. The lowest BCUT2D eigenvalue weighted by Gasteiger charge is -2.26. The van der Waals surface area contributed by atoms with Crippen LogP contribution in [0.25, 0.3) is 0 Å². The summed E-state index contributed by atoms with van der Waals surface area (Å²) in [6, 6.07) is 0. The summed E-state index contributed by atoms with van der Waals surface area (Å²) in [7, 11) is 0. The quantitative estimate of drug-likeness (QED) is 0.639. The fourth-order valence-corrected chi connectivity index (χ4v) is 1.12. The van der Waals surface area contributed by atoms with Crippen molar-refractivity contribution in [3.05, 3.63) is 12.2 Å². The summed E-state index contributed by atoms with van der Waals surface area (Å²) in [5, 5.41) is 3.17. The van der Waals surface area contributed by atoms with Crippen molar-refractivity contribution in [2.45, 2.75) is 6.92 Å². The summed E-state index contributed by atoms with van der Waals surface area (Å²) in [5.41, 5.74) is 0.864. The molecule has 13 heavy (non-hydrogen) atoms. The van der Waals surface area contributed by atoms with Crippen molar-refractivity contribution >= 4 is 6.09 Å². The van der Waals surface area contributed by atoms with Crippen molar-refractivity contribution in [1.82, 2.24) is 10.2 Å². The van der Waals surface area contributed by atoms with Crippen LogP contribution in [0.1, 0.15) is 6.92 Å². The molecule has 1 fully saturated rings. The van der Waals surface area contributed by atoms with Crippen LogP contribution < -0.4 is 5.32 Å². The maximum atomic E-state index is 11.3. The van der Waals surface area contributed by atoms with Gasteiger partial charge in [0.2, 0.25) is 0 Å². The van der Waals surface area contributed by atoms with Crippen molar-refractivity contribution in [2.24, 2.45) is 0 Å². The molecule has 0 atom stereocenters. The number of ether oxygens (including phenoxy) is 1. The number of nitrogens with zero attached hydrogens (tertiary/aromatic N) is 1. The summed E-state index contributed by atoms with van der Waals surface area (Å²) in [4.78, 5) is 13.0. The average molecular weight is 184 g/mol. The molecule has 0 bridgehead atoms. The summed E-state index contributed by atoms with van der Waals surface area (Å²) in [6.07, 6.45) is -0.232. The summed E-state index contributed by atoms with van der Waals surface area (Å²) >= 11 is 0. The van der Waals surface area contributed by atoms with Gasteiger partial charge in [-0.1, -0.05) is 6.58 Å². The second-order valence-electron chi connectivity index (χ2n) is 3.25. The number of carbonyl (C=O) groups excluding carboxylic acids is 1. The molecule has 74 valence electrons. The van der Waals surface area contributed by atoms with Crippen LogP contribution in [0, 0.1) is 0 Å². The van der Waals surface area contributed by atoms with Gasteiger partial charge in [0.15, 0.2) is 0 Å². The number of hydrogen-bond acceptors (Lipinski definition) is 3. The van der Waals surface area contributed by atoms with Crippen LogP contribution in [0.4, 0.5) is 4.79 Å². The normalized spacial score (nSPS) is 16.8. The molecule has 0 aliphatic carbocycles. The van der Waals surface area contributed by atoms with Gasteiger partial charge in [-0.2, -0.15) is 0 Å². The molecule has 0 aromatic rings. The van der Waals surface area contributed by atoms with Gasteiger partial charge in [0.1, 0.15) is 6.61 Å². The van der Waals surface area contributed by atoms with Gasteiger partial charge in [0, 0.05) is 26.2 Å². The predicted octanol–water partition coefficient (Wildman–Crippen LogP) is 0.604. The Balaban J connectivity index is 2.25. The molecule has 1 amide bonds. The molecule has 1 saturated heterocycles. The highest BCUT2D eigenvalue weighted by atomic mass is 16.6. The van der Waals surface area contributed by atoms with Crippen LogP contribution in [-0.2, 0) is 4.74 Å². The summed E-state index contributed by atoms with van der Waals surface area (Å²) < 4.78 is 5.00. The van der Waals surface area contributed by atoms with Crippen LogP contribution in [-0.4, -0.2) is 43.8 Å². The molecule has 1 rings (SSSR count). The first kappa shape index (κ1) is 10.1. The third-order valence-corrected chi connectivity index (χ3v) is 1.82. The maximum Gasteiger partial charge on any atom is 0.410 e. The number of nitrogens with one attached hydrogen (secondary N) is 1. The van der Waals surface area contributed by atoms with Gasteiger partial charge in [-0.3, -0.25) is 0 Å². The smallest absolute Gasteiger partial charge is 0.410 e. The van der Waals surface area contributed by atoms with Crippen LogP contribution in [0.5, 0.6) is 0 Å². The monoisotopic (exact) mass is 184 g/mol. The fourth-order valence-electron chi connectivity index (χ4n) is 1.12. The fraction of sp³-hybridized carbons (Fsp3) is 0.667. The first-order valence-electron chi connectivity index (χ1n) is 4.47. The van der Waals surface area contributed by atoms with Gasteiger partial charge >= 0.3 is 6.09 Å². The van der Waals surface area contributed by atoms with E-state index >= 15 is 0 Å². The minimum absolute atomic E-state index is 0.232.